The van der Waals surface area contributed by atoms with Gasteiger partial charge in [-0.15, -0.1) is 0 Å². The fourth-order valence-electron chi connectivity index (χ4n) is 0.986. The average molecular weight is 208 g/mol. The standard InChI is InChI=1S/C9H21O3P/c1-5-8(4)13(10,11)12-9(6-2)7-3/h8-9H,5-7H2,1-4H3,(H,10,11). The lowest BCUT2D eigenvalue weighted by molar-refractivity contribution is 0.161. The smallest absolute Gasteiger partial charge is 0.324 e. The normalized spacial score (nSPS) is 18.6. The minimum absolute atomic E-state index is 0.0789. The molecular formula is C9H21O3P. The Labute approximate surface area is 81.0 Å². The Morgan fingerprint density at radius 1 is 1.23 bits per heavy atom. The van der Waals surface area contributed by atoms with E-state index >= 15 is 0 Å². The molecule has 0 amide bonds. The van der Waals surface area contributed by atoms with Gasteiger partial charge in [-0.25, -0.2) is 0 Å². The minimum Gasteiger partial charge on any atom is -0.324 e. The minimum atomic E-state index is -3.37. The van der Waals surface area contributed by atoms with Crippen LogP contribution in [0.5, 0.6) is 0 Å². The molecule has 0 saturated carbocycles. The Kier molecular flexibility index (Phi) is 5.86. The number of hydrogen-bond donors (Lipinski definition) is 1. The lowest BCUT2D eigenvalue weighted by Crippen LogP contribution is -2.13. The summed E-state index contributed by atoms with van der Waals surface area (Å²) in [6.07, 6.45) is 2.17. The summed E-state index contributed by atoms with van der Waals surface area (Å²) in [5.74, 6) is 0. The van der Waals surface area contributed by atoms with Gasteiger partial charge in [0.05, 0.1) is 11.8 Å². The van der Waals surface area contributed by atoms with Gasteiger partial charge in [-0.3, -0.25) is 4.57 Å². The lowest BCUT2D eigenvalue weighted by atomic mass is 10.2. The molecule has 0 saturated heterocycles. The van der Waals surface area contributed by atoms with E-state index in [-0.39, 0.29) is 11.8 Å². The van der Waals surface area contributed by atoms with Crippen molar-refractivity contribution in [2.75, 3.05) is 0 Å². The molecule has 0 fully saturated rings. The fraction of sp³-hybridized carbons (Fsp3) is 1.00. The van der Waals surface area contributed by atoms with Crippen LogP contribution >= 0.6 is 7.60 Å². The summed E-state index contributed by atoms with van der Waals surface area (Å²) in [5.41, 5.74) is -0.256. The maximum atomic E-state index is 11.6. The second-order valence-electron chi connectivity index (χ2n) is 3.37. The first-order valence-corrected chi connectivity index (χ1v) is 6.63. The van der Waals surface area contributed by atoms with Crippen LogP contribution < -0.4 is 0 Å². The van der Waals surface area contributed by atoms with Crippen LogP contribution in [0, 0.1) is 0 Å². The Hall–Kier alpha value is 0.150. The van der Waals surface area contributed by atoms with Crippen molar-refractivity contribution >= 4 is 7.60 Å². The molecule has 0 aromatic rings. The van der Waals surface area contributed by atoms with E-state index in [4.69, 9.17) is 4.52 Å². The van der Waals surface area contributed by atoms with E-state index in [1.807, 2.05) is 20.8 Å². The quantitative estimate of drug-likeness (QED) is 0.682. The molecule has 13 heavy (non-hydrogen) atoms. The maximum absolute atomic E-state index is 11.6. The molecule has 0 aromatic carbocycles. The summed E-state index contributed by atoms with van der Waals surface area (Å²) < 4.78 is 16.8. The van der Waals surface area contributed by atoms with Crippen molar-refractivity contribution in [2.24, 2.45) is 0 Å². The molecule has 0 heterocycles. The van der Waals surface area contributed by atoms with E-state index in [0.717, 1.165) is 12.8 Å². The molecule has 0 aliphatic carbocycles. The summed E-state index contributed by atoms with van der Waals surface area (Å²) in [4.78, 5) is 9.55. The fourth-order valence-corrected chi connectivity index (χ4v) is 2.38. The monoisotopic (exact) mass is 208 g/mol. The van der Waals surface area contributed by atoms with Crippen LogP contribution in [0.25, 0.3) is 0 Å². The van der Waals surface area contributed by atoms with Crippen molar-refractivity contribution in [1.29, 1.82) is 0 Å². The van der Waals surface area contributed by atoms with Crippen molar-refractivity contribution in [3.8, 4) is 0 Å². The van der Waals surface area contributed by atoms with E-state index in [9.17, 15) is 9.46 Å². The zero-order valence-electron chi connectivity index (χ0n) is 8.99. The van der Waals surface area contributed by atoms with Gasteiger partial charge in [0.25, 0.3) is 0 Å². The molecule has 0 aromatic heterocycles. The number of rotatable bonds is 6. The van der Waals surface area contributed by atoms with Crippen LogP contribution in [-0.2, 0) is 9.09 Å². The van der Waals surface area contributed by atoms with E-state index in [2.05, 4.69) is 0 Å². The van der Waals surface area contributed by atoms with Gasteiger partial charge in [0.1, 0.15) is 0 Å². The Morgan fingerprint density at radius 3 is 2.00 bits per heavy atom. The predicted molar refractivity (Wildman–Crippen MR) is 55.0 cm³/mol. The molecule has 3 nitrogen and oxygen atoms in total. The molecule has 0 aliphatic heterocycles. The Bertz CT molecular complexity index is 178. The first kappa shape index (κ1) is 13.2. The van der Waals surface area contributed by atoms with Gasteiger partial charge >= 0.3 is 7.60 Å². The average Bonchev–Trinajstić information content (AvgIpc) is 2.12. The summed E-state index contributed by atoms with van der Waals surface area (Å²) in [5, 5.41) is 0. The van der Waals surface area contributed by atoms with Crippen molar-refractivity contribution in [3.05, 3.63) is 0 Å². The maximum Gasteiger partial charge on any atom is 0.331 e. The molecule has 80 valence electrons. The largest absolute Gasteiger partial charge is 0.331 e. The predicted octanol–water partition coefficient (Wildman–Crippen LogP) is 3.18. The molecule has 0 aliphatic rings. The van der Waals surface area contributed by atoms with Gasteiger partial charge in [0.15, 0.2) is 0 Å². The molecule has 0 radical (unpaired) electrons. The van der Waals surface area contributed by atoms with Crippen LogP contribution in [0.15, 0.2) is 0 Å². The molecular weight excluding hydrogens is 187 g/mol. The highest BCUT2D eigenvalue weighted by Crippen LogP contribution is 2.50. The molecule has 4 heteroatoms. The van der Waals surface area contributed by atoms with Crippen LogP contribution in [-0.4, -0.2) is 16.7 Å². The molecule has 0 bridgehead atoms. The molecule has 0 spiro atoms. The first-order valence-electron chi connectivity index (χ1n) is 4.98. The van der Waals surface area contributed by atoms with Crippen LogP contribution in [0.2, 0.25) is 0 Å². The van der Waals surface area contributed by atoms with Gasteiger partial charge in [-0.05, 0) is 19.3 Å². The Morgan fingerprint density at radius 2 is 1.69 bits per heavy atom. The third-order valence-electron chi connectivity index (χ3n) is 2.36. The number of hydrogen-bond acceptors (Lipinski definition) is 2. The summed E-state index contributed by atoms with van der Waals surface area (Å²) in [7, 11) is -3.37. The highest BCUT2D eigenvalue weighted by molar-refractivity contribution is 7.53. The Balaban J connectivity index is 4.22. The van der Waals surface area contributed by atoms with Crippen molar-refractivity contribution in [3.63, 3.8) is 0 Å². The van der Waals surface area contributed by atoms with Crippen molar-refractivity contribution in [1.82, 2.24) is 0 Å². The zero-order chi connectivity index (χ0) is 10.5. The van der Waals surface area contributed by atoms with Gasteiger partial charge in [0.2, 0.25) is 0 Å². The third-order valence-corrected chi connectivity index (χ3v) is 4.44. The highest BCUT2D eigenvalue weighted by Gasteiger charge is 2.29. The van der Waals surface area contributed by atoms with Crippen molar-refractivity contribution < 1.29 is 14.0 Å². The summed E-state index contributed by atoms with van der Waals surface area (Å²) in [6.45, 7) is 7.57. The van der Waals surface area contributed by atoms with Gasteiger partial charge in [-0.2, -0.15) is 0 Å². The van der Waals surface area contributed by atoms with Gasteiger partial charge in [-0.1, -0.05) is 27.7 Å². The SMILES string of the molecule is CCC(CC)OP(=O)(O)C(C)CC. The van der Waals surface area contributed by atoms with Crippen LogP contribution in [0.4, 0.5) is 0 Å². The summed E-state index contributed by atoms with van der Waals surface area (Å²) in [6, 6.07) is 0. The third kappa shape index (κ3) is 4.26. The van der Waals surface area contributed by atoms with Crippen LogP contribution in [0.1, 0.15) is 47.0 Å². The van der Waals surface area contributed by atoms with Gasteiger partial charge < -0.3 is 9.42 Å². The molecule has 2 atom stereocenters. The highest BCUT2D eigenvalue weighted by atomic mass is 31.2. The second-order valence-corrected chi connectivity index (χ2v) is 5.59. The first-order chi connectivity index (χ1) is 5.97. The second kappa shape index (κ2) is 5.79. The lowest BCUT2D eigenvalue weighted by Gasteiger charge is -2.22. The van der Waals surface area contributed by atoms with Crippen molar-refractivity contribution in [2.45, 2.75) is 58.7 Å². The summed E-state index contributed by atoms with van der Waals surface area (Å²) >= 11 is 0. The molecule has 1 N–H and O–H groups in total. The molecule has 0 rings (SSSR count). The molecule has 2 unspecified atom stereocenters. The van der Waals surface area contributed by atoms with Gasteiger partial charge in [0, 0.05) is 0 Å². The van der Waals surface area contributed by atoms with E-state index in [1.54, 1.807) is 6.92 Å². The van der Waals surface area contributed by atoms with E-state index < -0.39 is 7.60 Å². The van der Waals surface area contributed by atoms with E-state index in [0.29, 0.717) is 6.42 Å². The van der Waals surface area contributed by atoms with E-state index in [1.165, 1.54) is 0 Å². The topological polar surface area (TPSA) is 46.5 Å². The zero-order valence-corrected chi connectivity index (χ0v) is 9.88. The van der Waals surface area contributed by atoms with Crippen LogP contribution in [0.3, 0.4) is 0 Å².